The Morgan fingerprint density at radius 2 is 1.70 bits per heavy atom. The number of nitrogens with zero attached hydrogens (tertiary/aromatic N) is 2. The molecule has 1 aliphatic heterocycles. The molecule has 0 radical (unpaired) electrons. The normalized spacial score (nSPS) is 18.4. The zero-order valence-corrected chi connectivity index (χ0v) is 21.5. The van der Waals surface area contributed by atoms with E-state index in [1.807, 2.05) is 48.5 Å². The fraction of sp³-hybridized carbons (Fsp3) is 0.321. The van der Waals surface area contributed by atoms with Crippen LogP contribution in [-0.2, 0) is 21.4 Å². The number of benzene rings is 3. The van der Waals surface area contributed by atoms with Crippen molar-refractivity contribution in [1.82, 2.24) is 9.21 Å². The number of hydrogen-bond donors (Lipinski definition) is 0. The van der Waals surface area contributed by atoms with E-state index in [0.717, 1.165) is 17.7 Å². The summed E-state index contributed by atoms with van der Waals surface area (Å²) in [5, 5.41) is 0. The fourth-order valence-electron chi connectivity index (χ4n) is 4.66. The van der Waals surface area contributed by atoms with Crippen LogP contribution in [0.5, 0.6) is 5.75 Å². The first-order chi connectivity index (χ1) is 17.7. The highest BCUT2D eigenvalue weighted by Gasteiger charge is 2.43. The number of halogens is 2. The average molecular weight is 529 g/mol. The Kier molecular flexibility index (Phi) is 8.24. The Labute approximate surface area is 216 Å². The molecule has 37 heavy (non-hydrogen) atoms. The van der Waals surface area contributed by atoms with Gasteiger partial charge in [-0.1, -0.05) is 48.5 Å². The van der Waals surface area contributed by atoms with Crippen LogP contribution in [0.15, 0.2) is 83.8 Å². The molecule has 1 saturated heterocycles. The predicted molar refractivity (Wildman–Crippen MR) is 136 cm³/mol. The van der Waals surface area contributed by atoms with Crippen LogP contribution in [0.1, 0.15) is 24.8 Å². The summed E-state index contributed by atoms with van der Waals surface area (Å²) < 4.78 is 61.8. The number of para-hydroxylation sites is 1. The molecule has 9 heteroatoms. The van der Waals surface area contributed by atoms with Crippen LogP contribution in [0.3, 0.4) is 0 Å². The third-order valence-corrected chi connectivity index (χ3v) is 8.52. The summed E-state index contributed by atoms with van der Waals surface area (Å²) in [5.74, 6) is -1.53. The molecule has 0 bridgehead atoms. The maximum absolute atomic E-state index is 14.5. The summed E-state index contributed by atoms with van der Waals surface area (Å²) in [6.07, 6.45) is 1.08. The average Bonchev–Trinajstić information content (AvgIpc) is 2.88. The van der Waals surface area contributed by atoms with Crippen LogP contribution >= 0.6 is 0 Å². The first kappa shape index (κ1) is 26.8. The molecule has 0 unspecified atom stereocenters. The van der Waals surface area contributed by atoms with Crippen molar-refractivity contribution in [2.75, 3.05) is 26.7 Å². The second kappa shape index (κ2) is 11.4. The minimum Gasteiger partial charge on any atom is -0.493 e. The van der Waals surface area contributed by atoms with Crippen molar-refractivity contribution in [3.05, 3.63) is 96.1 Å². The highest BCUT2D eigenvalue weighted by atomic mass is 32.2. The zero-order chi connectivity index (χ0) is 26.5. The van der Waals surface area contributed by atoms with E-state index in [2.05, 4.69) is 0 Å². The van der Waals surface area contributed by atoms with E-state index in [4.69, 9.17) is 4.74 Å². The van der Waals surface area contributed by atoms with Crippen molar-refractivity contribution < 1.29 is 26.7 Å². The molecule has 3 aromatic carbocycles. The Bertz CT molecular complexity index is 1320. The molecule has 1 amide bonds. The number of piperidine rings is 1. The molecule has 4 rings (SSSR count). The number of rotatable bonds is 9. The van der Waals surface area contributed by atoms with E-state index in [0.29, 0.717) is 31.2 Å². The molecule has 1 aliphatic rings. The van der Waals surface area contributed by atoms with E-state index in [1.165, 1.54) is 4.31 Å². The number of carbonyl (C=O) groups excluding carboxylic acids is 1. The number of ether oxygens (including phenoxy) is 1. The quantitative estimate of drug-likeness (QED) is 0.398. The molecular formula is C28H30F2N2O4S. The van der Waals surface area contributed by atoms with E-state index >= 15 is 0 Å². The third-order valence-electron chi connectivity index (χ3n) is 6.64. The van der Waals surface area contributed by atoms with Gasteiger partial charge in [-0.05, 0) is 42.7 Å². The fourth-order valence-corrected chi connectivity index (χ4v) is 6.30. The van der Waals surface area contributed by atoms with Crippen molar-refractivity contribution in [2.45, 2.75) is 30.7 Å². The minimum atomic E-state index is -4.26. The van der Waals surface area contributed by atoms with Gasteiger partial charge in [-0.25, -0.2) is 17.2 Å². The van der Waals surface area contributed by atoms with Gasteiger partial charge in [0, 0.05) is 44.6 Å². The summed E-state index contributed by atoms with van der Waals surface area (Å²) in [4.78, 5) is 14.4. The highest BCUT2D eigenvalue weighted by molar-refractivity contribution is 7.89. The molecule has 0 aromatic heterocycles. The number of carbonyl (C=O) groups is 1. The van der Waals surface area contributed by atoms with Crippen molar-refractivity contribution in [3.8, 4) is 5.75 Å². The van der Waals surface area contributed by atoms with Crippen molar-refractivity contribution in [3.63, 3.8) is 0 Å². The van der Waals surface area contributed by atoms with Crippen LogP contribution in [0.4, 0.5) is 8.78 Å². The molecule has 6 nitrogen and oxygen atoms in total. The summed E-state index contributed by atoms with van der Waals surface area (Å²) in [5.41, 5.74) is 0.146. The number of sulfonamides is 1. The Hall–Kier alpha value is -3.30. The Balaban J connectivity index is 1.58. The van der Waals surface area contributed by atoms with E-state index in [9.17, 15) is 22.0 Å². The molecule has 3 aromatic rings. The Morgan fingerprint density at radius 1 is 1.03 bits per heavy atom. The van der Waals surface area contributed by atoms with Crippen molar-refractivity contribution in [2.24, 2.45) is 5.41 Å². The second-order valence-corrected chi connectivity index (χ2v) is 11.4. The van der Waals surface area contributed by atoms with Gasteiger partial charge in [0.1, 0.15) is 22.3 Å². The maximum Gasteiger partial charge on any atom is 0.246 e. The molecular weight excluding hydrogens is 498 g/mol. The topological polar surface area (TPSA) is 66.9 Å². The third kappa shape index (κ3) is 6.53. The molecule has 0 aliphatic carbocycles. The predicted octanol–water partition coefficient (Wildman–Crippen LogP) is 4.86. The van der Waals surface area contributed by atoms with Gasteiger partial charge in [0.25, 0.3) is 0 Å². The van der Waals surface area contributed by atoms with Gasteiger partial charge in [-0.3, -0.25) is 4.79 Å². The lowest BCUT2D eigenvalue weighted by Gasteiger charge is -2.42. The largest absolute Gasteiger partial charge is 0.493 e. The van der Waals surface area contributed by atoms with E-state index < -0.39 is 32.0 Å². The van der Waals surface area contributed by atoms with Crippen LogP contribution < -0.4 is 4.74 Å². The zero-order valence-electron chi connectivity index (χ0n) is 20.6. The molecule has 1 fully saturated rings. The van der Waals surface area contributed by atoms with Gasteiger partial charge in [-0.2, -0.15) is 4.31 Å². The summed E-state index contributed by atoms with van der Waals surface area (Å²) in [7, 11) is -2.54. The van der Waals surface area contributed by atoms with Gasteiger partial charge in [0.2, 0.25) is 15.9 Å². The SMILES string of the molecule is CN(Cc1ccccc1)C(=O)C[C@]1(COc2ccccc2)CCCN(S(=O)(=O)c2ccc(F)cc2F)C1. The molecule has 196 valence electrons. The summed E-state index contributed by atoms with van der Waals surface area (Å²) in [6.45, 7) is 0.669. The van der Waals surface area contributed by atoms with Gasteiger partial charge in [0.05, 0.1) is 6.61 Å². The first-order valence-corrected chi connectivity index (χ1v) is 13.5. The molecule has 0 N–H and O–H groups in total. The van der Waals surface area contributed by atoms with Crippen LogP contribution in [0.25, 0.3) is 0 Å². The van der Waals surface area contributed by atoms with E-state index in [1.54, 1.807) is 24.1 Å². The highest BCUT2D eigenvalue weighted by Crippen LogP contribution is 2.37. The second-order valence-electron chi connectivity index (χ2n) is 9.53. The summed E-state index contributed by atoms with van der Waals surface area (Å²) >= 11 is 0. The Morgan fingerprint density at radius 3 is 2.38 bits per heavy atom. The molecule has 0 spiro atoms. The minimum absolute atomic E-state index is 0.0239. The monoisotopic (exact) mass is 528 g/mol. The summed E-state index contributed by atoms with van der Waals surface area (Å²) in [6, 6.07) is 21.1. The van der Waals surface area contributed by atoms with Crippen molar-refractivity contribution in [1.29, 1.82) is 0 Å². The number of amides is 1. The maximum atomic E-state index is 14.5. The van der Waals surface area contributed by atoms with Gasteiger partial charge in [-0.15, -0.1) is 0 Å². The molecule has 0 saturated carbocycles. The van der Waals surface area contributed by atoms with Crippen molar-refractivity contribution >= 4 is 15.9 Å². The van der Waals surface area contributed by atoms with Crippen LogP contribution in [0.2, 0.25) is 0 Å². The lowest BCUT2D eigenvalue weighted by molar-refractivity contribution is -0.134. The van der Waals surface area contributed by atoms with Gasteiger partial charge in [0.15, 0.2) is 0 Å². The first-order valence-electron chi connectivity index (χ1n) is 12.1. The van der Waals surface area contributed by atoms with Crippen LogP contribution in [-0.4, -0.2) is 50.3 Å². The van der Waals surface area contributed by atoms with Gasteiger partial charge < -0.3 is 9.64 Å². The standard InChI is InChI=1S/C28H30F2N2O4S/c1-31(19-22-9-4-2-5-10-22)27(33)18-28(21-36-24-11-6-3-7-12-24)15-8-16-32(20-28)37(34,35)26-14-13-23(29)17-25(26)30/h2-7,9-14,17H,8,15-16,18-21H2,1H3/t28-/m1/s1. The number of hydrogen-bond acceptors (Lipinski definition) is 4. The van der Waals surface area contributed by atoms with Gasteiger partial charge >= 0.3 is 0 Å². The molecule has 1 atom stereocenters. The lowest BCUT2D eigenvalue weighted by Crippen LogP contribution is -2.50. The molecule has 1 heterocycles. The smallest absolute Gasteiger partial charge is 0.246 e. The lowest BCUT2D eigenvalue weighted by atomic mass is 9.78. The van der Waals surface area contributed by atoms with Crippen LogP contribution in [0, 0.1) is 17.0 Å². The van der Waals surface area contributed by atoms with E-state index in [-0.39, 0.29) is 32.0 Å².